The topological polar surface area (TPSA) is 45.8 Å². The van der Waals surface area contributed by atoms with Crippen molar-refractivity contribution in [1.29, 1.82) is 0 Å². The molecule has 4 heteroatoms. The van der Waals surface area contributed by atoms with Crippen molar-refractivity contribution in [1.82, 2.24) is 0 Å². The molecule has 2 aliphatic rings. The molecule has 0 fully saturated rings. The van der Waals surface area contributed by atoms with E-state index < -0.39 is 5.41 Å². The highest BCUT2D eigenvalue weighted by Crippen LogP contribution is 2.58. The highest BCUT2D eigenvalue weighted by Gasteiger charge is 2.48. The van der Waals surface area contributed by atoms with Gasteiger partial charge in [-0.2, -0.15) is 0 Å². The van der Waals surface area contributed by atoms with E-state index >= 15 is 0 Å². The zero-order chi connectivity index (χ0) is 39.3. The molecule has 59 heavy (non-hydrogen) atoms. The predicted octanol–water partition coefficient (Wildman–Crippen LogP) is 14.2. The minimum Gasteiger partial charge on any atom is -0.512 e. The van der Waals surface area contributed by atoms with Crippen molar-refractivity contribution in [2.24, 2.45) is 0 Å². The van der Waals surface area contributed by atoms with Gasteiger partial charge in [0.1, 0.15) is 23.2 Å². The van der Waals surface area contributed by atoms with Gasteiger partial charge in [0, 0.05) is 39.5 Å². The number of hydrogen-bond acceptors (Lipinski definition) is 4. The van der Waals surface area contributed by atoms with Crippen LogP contribution in [0.2, 0.25) is 0 Å². The lowest BCUT2D eigenvalue weighted by Gasteiger charge is -2.35. The van der Waals surface area contributed by atoms with Crippen LogP contribution in [-0.4, -0.2) is 5.11 Å². The number of aliphatic hydroxyl groups excluding tert-OH is 1. The van der Waals surface area contributed by atoms with Gasteiger partial charge in [-0.1, -0.05) is 152 Å². The number of nitrogens with zero attached hydrogens (tertiary/aromatic N) is 1. The summed E-state index contributed by atoms with van der Waals surface area (Å²) in [5, 5.41) is 12.5. The maximum Gasteiger partial charge on any atom is 0.161 e. The van der Waals surface area contributed by atoms with Crippen molar-refractivity contribution in [2.45, 2.75) is 5.41 Å². The highest BCUT2D eigenvalue weighted by atomic mass is 16.5. The summed E-state index contributed by atoms with van der Waals surface area (Å²) >= 11 is 0. The summed E-state index contributed by atoms with van der Waals surface area (Å²) < 4.78 is 13.2. The number of anilines is 3. The first-order valence-electron chi connectivity index (χ1n) is 19.9. The Balaban J connectivity index is 1.16. The van der Waals surface area contributed by atoms with Gasteiger partial charge in [-0.3, -0.25) is 0 Å². The zero-order valence-electron chi connectivity index (χ0n) is 32.0. The fourth-order valence-electron chi connectivity index (χ4n) is 9.23. The minimum absolute atomic E-state index is 0.358. The molecule has 1 atom stereocenters. The van der Waals surface area contributed by atoms with Crippen LogP contribution in [0.15, 0.2) is 234 Å². The Morgan fingerprint density at radius 1 is 0.475 bits per heavy atom. The largest absolute Gasteiger partial charge is 0.512 e. The molecule has 280 valence electrons. The molecule has 11 rings (SSSR count). The number of benzene rings is 8. The first-order chi connectivity index (χ1) is 29.2. The number of rotatable bonds is 6. The van der Waals surface area contributed by atoms with Crippen LogP contribution in [0.5, 0.6) is 5.75 Å². The van der Waals surface area contributed by atoms with Crippen LogP contribution in [0, 0.1) is 0 Å². The average Bonchev–Trinajstić information content (AvgIpc) is 3.80. The number of para-hydroxylation sites is 3. The van der Waals surface area contributed by atoms with Crippen molar-refractivity contribution in [3.8, 4) is 16.9 Å². The van der Waals surface area contributed by atoms with E-state index in [2.05, 4.69) is 175 Å². The van der Waals surface area contributed by atoms with Crippen LogP contribution in [0.3, 0.4) is 0 Å². The summed E-state index contributed by atoms with van der Waals surface area (Å²) in [6.45, 7) is 0. The third-order valence-corrected chi connectivity index (χ3v) is 11.8. The molecule has 0 radical (unpaired) electrons. The number of aliphatic hydroxyl groups is 1. The van der Waals surface area contributed by atoms with Crippen LogP contribution in [0.4, 0.5) is 17.1 Å². The van der Waals surface area contributed by atoms with Gasteiger partial charge in [-0.15, -0.1) is 0 Å². The summed E-state index contributed by atoms with van der Waals surface area (Å²) in [5.41, 5.74) is 13.9. The predicted molar refractivity (Wildman–Crippen MR) is 240 cm³/mol. The molecule has 8 aromatic carbocycles. The first kappa shape index (κ1) is 34.4. The summed E-state index contributed by atoms with van der Waals surface area (Å²) in [6, 6.07) is 70.3. The van der Waals surface area contributed by atoms with Crippen molar-refractivity contribution >= 4 is 44.6 Å². The summed E-state index contributed by atoms with van der Waals surface area (Å²) in [5.74, 6) is 1.04. The number of allylic oxidation sites excluding steroid dienone is 3. The van der Waals surface area contributed by atoms with Crippen molar-refractivity contribution < 1.29 is 14.3 Å². The van der Waals surface area contributed by atoms with Crippen molar-refractivity contribution in [2.75, 3.05) is 4.90 Å². The minimum atomic E-state index is -0.765. The van der Waals surface area contributed by atoms with E-state index in [1.807, 2.05) is 42.5 Å². The quantitative estimate of drug-likeness (QED) is 0.172. The van der Waals surface area contributed by atoms with Gasteiger partial charge in [0.25, 0.3) is 0 Å². The highest BCUT2D eigenvalue weighted by molar-refractivity contribution is 6.07. The van der Waals surface area contributed by atoms with Crippen LogP contribution in [0.1, 0.15) is 27.8 Å². The van der Waals surface area contributed by atoms with Gasteiger partial charge in [0.15, 0.2) is 5.76 Å². The Hall–Kier alpha value is -7.82. The lowest BCUT2D eigenvalue weighted by molar-refractivity contribution is 0.387. The number of ether oxygens (including phenoxy) is 1. The van der Waals surface area contributed by atoms with E-state index in [9.17, 15) is 5.11 Å². The number of hydrogen-bond donors (Lipinski definition) is 1. The lowest BCUT2D eigenvalue weighted by atomic mass is 9.66. The number of fused-ring (bicyclic) bond motifs is 7. The molecule has 0 bridgehead atoms. The fourth-order valence-corrected chi connectivity index (χ4v) is 9.23. The average molecular weight is 760 g/mol. The molecule has 1 unspecified atom stereocenters. The van der Waals surface area contributed by atoms with Crippen LogP contribution in [0.25, 0.3) is 38.6 Å². The normalized spacial score (nSPS) is 16.8. The molecule has 1 aliphatic carbocycles. The van der Waals surface area contributed by atoms with Crippen molar-refractivity contribution in [3.05, 3.63) is 258 Å². The Kier molecular flexibility index (Phi) is 8.16. The molecule has 2 heterocycles. The van der Waals surface area contributed by atoms with Gasteiger partial charge in [-0.05, 0) is 99.1 Å². The van der Waals surface area contributed by atoms with E-state index in [1.54, 1.807) is 0 Å². The molecule has 0 spiro atoms. The summed E-state index contributed by atoms with van der Waals surface area (Å²) in [4.78, 5) is 2.26. The van der Waals surface area contributed by atoms with Crippen LogP contribution < -0.4 is 9.64 Å². The van der Waals surface area contributed by atoms with E-state index in [0.29, 0.717) is 11.5 Å². The van der Waals surface area contributed by atoms with Crippen molar-refractivity contribution in [3.63, 3.8) is 0 Å². The molecule has 9 aromatic rings. The molecule has 0 saturated carbocycles. The van der Waals surface area contributed by atoms with E-state index in [0.717, 1.165) is 95.4 Å². The second-order valence-corrected chi connectivity index (χ2v) is 15.0. The number of furan rings is 1. The molecule has 0 amide bonds. The molecular weight excluding hydrogens is 723 g/mol. The maximum absolute atomic E-state index is 10.4. The zero-order valence-corrected chi connectivity index (χ0v) is 32.0. The van der Waals surface area contributed by atoms with Gasteiger partial charge in [0.05, 0.1) is 5.41 Å². The van der Waals surface area contributed by atoms with Gasteiger partial charge >= 0.3 is 0 Å². The standard InChI is InChI=1S/C55H37NO3/c57-36-44-30-33-50-54(48-21-11-13-23-51(48)58-44)47-20-10-12-22-49(47)55(50,39-26-24-38(25-27-39)37-14-4-1-5-15-37)40-28-31-45-46-32-29-43(35-53(46)59-52(45)34-40)56(41-16-6-2-7-17-41)42-18-8-3-9-19-42/h1-36,57H/b33-30-,44-36-. The molecule has 1 N–H and O–H groups in total. The van der Waals surface area contributed by atoms with Gasteiger partial charge < -0.3 is 19.2 Å². The van der Waals surface area contributed by atoms with Crippen LogP contribution in [-0.2, 0) is 5.41 Å². The van der Waals surface area contributed by atoms with E-state index in [4.69, 9.17) is 9.15 Å². The fraction of sp³-hybridized carbons (Fsp3) is 0.0182. The Bertz CT molecular complexity index is 3080. The Morgan fingerprint density at radius 3 is 1.76 bits per heavy atom. The lowest BCUT2D eigenvalue weighted by Crippen LogP contribution is -2.29. The van der Waals surface area contributed by atoms with E-state index in [1.165, 1.54) is 0 Å². The Labute approximate surface area is 342 Å². The molecule has 1 aromatic heterocycles. The SMILES string of the molecule is O/C=C1/C=C\C2=C(c3ccccc3O1)c1ccccc1C2(c1ccc(-c2ccccc2)cc1)c1ccc2c(c1)oc1cc(N(c3ccccc3)c3ccccc3)ccc12. The van der Waals surface area contributed by atoms with E-state index in [-0.39, 0.29) is 0 Å². The first-order valence-corrected chi connectivity index (χ1v) is 19.9. The third-order valence-electron chi connectivity index (χ3n) is 11.8. The summed E-state index contributed by atoms with van der Waals surface area (Å²) in [6.07, 6.45) is 5.02. The molecular formula is C55H37NO3. The molecule has 1 aliphatic heterocycles. The molecule has 0 saturated heterocycles. The monoisotopic (exact) mass is 759 g/mol. The van der Waals surface area contributed by atoms with Crippen LogP contribution >= 0.6 is 0 Å². The molecule has 4 nitrogen and oxygen atoms in total. The van der Waals surface area contributed by atoms with Gasteiger partial charge in [-0.25, -0.2) is 0 Å². The second-order valence-electron chi connectivity index (χ2n) is 15.0. The van der Waals surface area contributed by atoms with Gasteiger partial charge in [0.2, 0.25) is 0 Å². The summed E-state index contributed by atoms with van der Waals surface area (Å²) in [7, 11) is 0. The Morgan fingerprint density at radius 2 is 1.05 bits per heavy atom. The smallest absolute Gasteiger partial charge is 0.161 e. The maximum atomic E-state index is 10.4. The third kappa shape index (κ3) is 5.53. The second kappa shape index (κ2) is 14.0.